The van der Waals surface area contributed by atoms with Crippen LogP contribution in [0.2, 0.25) is 0 Å². The third-order valence-electron chi connectivity index (χ3n) is 4.93. The van der Waals surface area contributed by atoms with Crippen LogP contribution in [0.25, 0.3) is 0 Å². The molecule has 27 heavy (non-hydrogen) atoms. The Morgan fingerprint density at radius 1 is 0.852 bits per heavy atom. The zero-order valence-corrected chi connectivity index (χ0v) is 18.8. The second kappa shape index (κ2) is 16.2. The number of aliphatic hydroxyl groups is 1. The Balaban J connectivity index is 3.47. The van der Waals surface area contributed by atoms with E-state index in [1.54, 1.807) is 0 Å². The largest absolute Gasteiger partial charge is 0.444 e. The van der Waals surface area contributed by atoms with Crippen molar-refractivity contribution < 1.29 is 14.6 Å². The lowest BCUT2D eigenvalue weighted by Gasteiger charge is -2.24. The van der Waals surface area contributed by atoms with E-state index in [9.17, 15) is 9.90 Å². The summed E-state index contributed by atoms with van der Waals surface area (Å²) in [6.45, 7) is 9.60. The molecule has 0 aliphatic heterocycles. The third-order valence-corrected chi connectivity index (χ3v) is 4.93. The smallest absolute Gasteiger partial charge is 0.407 e. The van der Waals surface area contributed by atoms with Crippen molar-refractivity contribution in [2.24, 2.45) is 0 Å². The first-order chi connectivity index (χ1) is 12.8. The van der Waals surface area contributed by atoms with Crippen LogP contribution < -0.4 is 5.32 Å². The highest BCUT2D eigenvalue weighted by Gasteiger charge is 2.21. The molecular weight excluding hydrogens is 338 g/mol. The lowest BCUT2D eigenvalue weighted by molar-refractivity contribution is 0.0426. The van der Waals surface area contributed by atoms with Crippen LogP contribution >= 0.6 is 0 Å². The molecule has 0 radical (unpaired) electrons. The third kappa shape index (κ3) is 18.4. The molecule has 0 aromatic carbocycles. The molecule has 2 N–H and O–H groups in total. The van der Waals surface area contributed by atoms with E-state index < -0.39 is 17.8 Å². The van der Waals surface area contributed by atoms with Crippen molar-refractivity contribution in [3.63, 3.8) is 0 Å². The second-order valence-electron chi connectivity index (χ2n) is 9.03. The Morgan fingerprint density at radius 3 is 1.67 bits per heavy atom. The summed E-state index contributed by atoms with van der Waals surface area (Å²) in [5, 5.41) is 12.9. The van der Waals surface area contributed by atoms with Gasteiger partial charge in [-0.05, 0) is 34.1 Å². The quantitative estimate of drug-likeness (QED) is 0.289. The normalized spacial score (nSPS) is 14.0. The van der Waals surface area contributed by atoms with Crippen LogP contribution in [-0.4, -0.2) is 28.9 Å². The number of ether oxygens (including phenoxy) is 1. The zero-order valence-electron chi connectivity index (χ0n) is 18.8. The van der Waals surface area contributed by atoms with Crippen LogP contribution in [-0.2, 0) is 4.74 Å². The van der Waals surface area contributed by atoms with Gasteiger partial charge in [-0.15, -0.1) is 0 Å². The van der Waals surface area contributed by atoms with Gasteiger partial charge in [0.2, 0.25) is 0 Å². The van der Waals surface area contributed by atoms with Gasteiger partial charge in [-0.3, -0.25) is 0 Å². The Hall–Kier alpha value is -0.770. The summed E-state index contributed by atoms with van der Waals surface area (Å²) in [4.78, 5) is 11.7. The second-order valence-corrected chi connectivity index (χ2v) is 9.03. The molecule has 0 spiro atoms. The molecule has 0 unspecified atom stereocenters. The molecular formula is C23H47NO3. The summed E-state index contributed by atoms with van der Waals surface area (Å²) in [5.74, 6) is 0. The Kier molecular flexibility index (Phi) is 15.7. The average Bonchev–Trinajstić information content (AvgIpc) is 2.57. The zero-order chi connectivity index (χ0) is 20.5. The molecule has 2 atom stereocenters. The first-order valence-electron chi connectivity index (χ1n) is 11.4. The van der Waals surface area contributed by atoms with E-state index in [2.05, 4.69) is 12.2 Å². The van der Waals surface area contributed by atoms with Crippen molar-refractivity contribution in [2.75, 3.05) is 0 Å². The molecule has 0 aromatic heterocycles. The Bertz CT molecular complexity index is 352. The van der Waals surface area contributed by atoms with Gasteiger partial charge in [0, 0.05) is 0 Å². The number of hydrogen-bond donors (Lipinski definition) is 2. The number of nitrogens with one attached hydrogen (secondary N) is 1. The lowest BCUT2D eigenvalue weighted by atomic mass is 10.0. The maximum absolute atomic E-state index is 11.7. The van der Waals surface area contributed by atoms with E-state index in [0.29, 0.717) is 0 Å². The molecule has 0 heterocycles. The molecule has 1 amide bonds. The minimum Gasteiger partial charge on any atom is -0.444 e. The maximum atomic E-state index is 11.7. The van der Waals surface area contributed by atoms with Crippen molar-refractivity contribution in [1.82, 2.24) is 5.32 Å². The summed E-state index contributed by atoms with van der Waals surface area (Å²) in [7, 11) is 0. The van der Waals surface area contributed by atoms with Crippen LogP contribution in [0.1, 0.15) is 125 Å². The van der Waals surface area contributed by atoms with Gasteiger partial charge in [0.25, 0.3) is 0 Å². The summed E-state index contributed by atoms with van der Waals surface area (Å²) < 4.78 is 5.22. The molecule has 0 fully saturated rings. The topological polar surface area (TPSA) is 58.6 Å². The van der Waals surface area contributed by atoms with Crippen LogP contribution in [0, 0.1) is 0 Å². The van der Waals surface area contributed by atoms with Crippen molar-refractivity contribution >= 4 is 6.09 Å². The van der Waals surface area contributed by atoms with E-state index in [0.717, 1.165) is 19.3 Å². The predicted octanol–water partition coefficient (Wildman–Crippen LogP) is 6.74. The van der Waals surface area contributed by atoms with Gasteiger partial charge in [0.1, 0.15) is 5.60 Å². The van der Waals surface area contributed by atoms with Gasteiger partial charge in [0.05, 0.1) is 12.1 Å². The molecule has 162 valence electrons. The number of amides is 1. The van der Waals surface area contributed by atoms with Gasteiger partial charge in [-0.1, -0.05) is 90.4 Å². The van der Waals surface area contributed by atoms with E-state index in [1.807, 2.05) is 27.7 Å². The van der Waals surface area contributed by atoms with Gasteiger partial charge in [-0.2, -0.15) is 0 Å². The number of carbonyl (C=O) groups excluding carboxylic acids is 1. The van der Waals surface area contributed by atoms with E-state index in [4.69, 9.17) is 4.74 Å². The molecule has 4 nitrogen and oxygen atoms in total. The van der Waals surface area contributed by atoms with Gasteiger partial charge in [-0.25, -0.2) is 4.79 Å². The number of rotatable bonds is 16. The fraction of sp³-hybridized carbons (Fsp3) is 0.957. The van der Waals surface area contributed by atoms with Gasteiger partial charge < -0.3 is 15.2 Å². The highest BCUT2D eigenvalue weighted by Crippen LogP contribution is 2.14. The summed E-state index contributed by atoms with van der Waals surface area (Å²) in [6.07, 6.45) is 16.9. The van der Waals surface area contributed by atoms with Crippen molar-refractivity contribution in [3.05, 3.63) is 0 Å². The lowest BCUT2D eigenvalue weighted by Crippen LogP contribution is -2.43. The average molecular weight is 386 g/mol. The first-order valence-corrected chi connectivity index (χ1v) is 11.4. The monoisotopic (exact) mass is 385 g/mol. The number of aliphatic hydroxyl groups excluding tert-OH is 1. The predicted molar refractivity (Wildman–Crippen MR) is 115 cm³/mol. The van der Waals surface area contributed by atoms with Crippen LogP contribution in [0.5, 0.6) is 0 Å². The van der Waals surface area contributed by atoms with Crippen LogP contribution in [0.4, 0.5) is 4.79 Å². The van der Waals surface area contributed by atoms with Crippen molar-refractivity contribution in [2.45, 2.75) is 142 Å². The SMILES string of the molecule is CCCCCCCCCCCCCCC[C@H](O)[C@H](C)NC(=O)OC(C)(C)C. The van der Waals surface area contributed by atoms with Gasteiger partial charge in [0.15, 0.2) is 0 Å². The standard InChI is InChI=1S/C23H47NO3/c1-6-7-8-9-10-11-12-13-14-15-16-17-18-19-21(25)20(2)24-22(26)27-23(3,4)5/h20-21,25H,6-19H2,1-5H3,(H,24,26)/t20-,21-/m0/s1. The summed E-state index contributed by atoms with van der Waals surface area (Å²) in [6, 6.07) is -0.280. The van der Waals surface area contributed by atoms with Crippen molar-refractivity contribution in [3.8, 4) is 0 Å². The molecule has 0 saturated carbocycles. The minimum absolute atomic E-state index is 0.280. The van der Waals surface area contributed by atoms with E-state index in [-0.39, 0.29) is 6.04 Å². The number of carbonyl (C=O) groups is 1. The summed E-state index contributed by atoms with van der Waals surface area (Å²) >= 11 is 0. The molecule has 4 heteroatoms. The van der Waals surface area contributed by atoms with E-state index in [1.165, 1.54) is 70.6 Å². The molecule has 0 saturated heterocycles. The number of alkyl carbamates (subject to hydrolysis) is 1. The fourth-order valence-corrected chi connectivity index (χ4v) is 3.21. The Labute approximate surface area is 168 Å². The minimum atomic E-state index is -0.510. The fourth-order valence-electron chi connectivity index (χ4n) is 3.21. The first kappa shape index (κ1) is 26.2. The number of hydrogen-bond acceptors (Lipinski definition) is 3. The van der Waals surface area contributed by atoms with Crippen molar-refractivity contribution in [1.29, 1.82) is 0 Å². The van der Waals surface area contributed by atoms with E-state index >= 15 is 0 Å². The summed E-state index contributed by atoms with van der Waals surface area (Å²) in [5.41, 5.74) is -0.510. The highest BCUT2D eigenvalue weighted by molar-refractivity contribution is 5.68. The Morgan fingerprint density at radius 2 is 1.26 bits per heavy atom. The molecule has 0 aliphatic carbocycles. The molecule has 0 aromatic rings. The molecule has 0 aliphatic rings. The highest BCUT2D eigenvalue weighted by atomic mass is 16.6. The number of unbranched alkanes of at least 4 members (excludes halogenated alkanes) is 12. The van der Waals surface area contributed by atoms with Gasteiger partial charge >= 0.3 is 6.09 Å². The molecule has 0 rings (SSSR count). The van der Waals surface area contributed by atoms with Crippen LogP contribution in [0.15, 0.2) is 0 Å². The maximum Gasteiger partial charge on any atom is 0.407 e. The molecule has 0 bridgehead atoms. The van der Waals surface area contributed by atoms with Crippen LogP contribution in [0.3, 0.4) is 0 Å².